The van der Waals surface area contributed by atoms with Gasteiger partial charge in [0.15, 0.2) is 0 Å². The molecular formula is C34H72N2O23. The van der Waals surface area contributed by atoms with Crippen LogP contribution < -0.4 is 5.32 Å². The van der Waals surface area contributed by atoms with E-state index in [2.05, 4.69) is 5.32 Å². The number of aliphatic hydroxyl groups is 17. The molecule has 0 amide bonds. The Labute approximate surface area is 342 Å². The highest BCUT2D eigenvalue weighted by atomic mass is 16.5. The quantitative estimate of drug-likeness (QED) is 0.0272. The minimum atomic E-state index is -2.02. The van der Waals surface area contributed by atoms with E-state index in [0.29, 0.717) is 6.54 Å². The topological polar surface area (TPSA) is 415 Å². The van der Waals surface area contributed by atoms with Gasteiger partial charge in [-0.2, -0.15) is 0 Å². The van der Waals surface area contributed by atoms with Crippen LogP contribution in [0.2, 0.25) is 0 Å². The Hall–Kier alpha value is -1.00. The summed E-state index contributed by atoms with van der Waals surface area (Å²) < 4.78 is 31.3. The summed E-state index contributed by atoms with van der Waals surface area (Å²) in [6.07, 6.45) is -22.9. The Balaban J connectivity index is 4.46. The molecule has 0 saturated heterocycles. The number of aliphatic hydroxyl groups excluding tert-OH is 17. The lowest BCUT2D eigenvalue weighted by atomic mass is 10.0. The molecule has 25 nitrogen and oxygen atoms in total. The third-order valence-corrected chi connectivity index (χ3v) is 8.17. The summed E-state index contributed by atoms with van der Waals surface area (Å²) in [6, 6.07) is 0. The van der Waals surface area contributed by atoms with Crippen molar-refractivity contribution in [2.75, 3.05) is 126 Å². The van der Waals surface area contributed by atoms with Crippen LogP contribution in [0, 0.1) is 0 Å². The molecule has 0 heterocycles. The maximum absolute atomic E-state index is 10.5. The zero-order valence-corrected chi connectivity index (χ0v) is 33.4. The highest BCUT2D eigenvalue weighted by Gasteiger charge is 2.35. The molecule has 18 N–H and O–H groups in total. The third kappa shape index (κ3) is 28.3. The first kappa shape index (κ1) is 58.0. The first-order valence-corrected chi connectivity index (χ1v) is 19.1. The second kappa shape index (κ2) is 34.5. The van der Waals surface area contributed by atoms with Gasteiger partial charge < -0.3 is 121 Å². The summed E-state index contributed by atoms with van der Waals surface area (Å²) in [6.45, 7) is -5.75. The van der Waals surface area contributed by atoms with Crippen LogP contribution in [0.5, 0.6) is 0 Å². The molecule has 0 aliphatic rings. The number of likely N-dealkylation sites (N-methyl/N-ethyl adjacent to an activating group) is 1. The Morgan fingerprint density at radius 2 is 0.576 bits per heavy atom. The number of nitrogens with zero attached hydrogens (tertiary/aromatic N) is 1. The van der Waals surface area contributed by atoms with E-state index in [0.717, 1.165) is 4.90 Å². The van der Waals surface area contributed by atoms with Gasteiger partial charge in [-0.25, -0.2) is 0 Å². The predicted molar refractivity (Wildman–Crippen MR) is 200 cm³/mol. The highest BCUT2D eigenvalue weighted by Crippen LogP contribution is 2.12. The average molecular weight is 877 g/mol. The molecule has 25 heteroatoms. The van der Waals surface area contributed by atoms with Gasteiger partial charge in [-0.3, -0.25) is 4.90 Å². The highest BCUT2D eigenvalue weighted by molar-refractivity contribution is 4.86. The molecule has 0 aromatic heterocycles. The first-order chi connectivity index (χ1) is 27.9. The number of ether oxygens (including phenoxy) is 6. The van der Waals surface area contributed by atoms with Crippen molar-refractivity contribution in [2.45, 2.75) is 91.6 Å². The van der Waals surface area contributed by atoms with E-state index in [4.69, 9.17) is 38.6 Å². The molecule has 0 radical (unpaired) electrons. The monoisotopic (exact) mass is 876 g/mol. The van der Waals surface area contributed by atoms with Crippen LogP contribution >= 0.6 is 0 Å². The molecule has 0 aliphatic heterocycles. The Kier molecular flexibility index (Phi) is 33.9. The molecule has 0 fully saturated rings. The van der Waals surface area contributed by atoms with Gasteiger partial charge in [0.1, 0.15) is 67.1 Å². The van der Waals surface area contributed by atoms with Crippen LogP contribution in [0.25, 0.3) is 0 Å². The molecule has 0 saturated carbocycles. The van der Waals surface area contributed by atoms with Crippen LogP contribution in [0.3, 0.4) is 0 Å². The van der Waals surface area contributed by atoms with Crippen LogP contribution in [0.1, 0.15) is 0 Å². The Morgan fingerprint density at radius 3 is 0.831 bits per heavy atom. The van der Waals surface area contributed by atoms with Gasteiger partial charge in [0.05, 0.1) is 117 Å². The van der Waals surface area contributed by atoms with Gasteiger partial charge in [-0.05, 0) is 7.05 Å². The number of hydrogen-bond acceptors (Lipinski definition) is 25. The Morgan fingerprint density at radius 1 is 0.339 bits per heavy atom. The SMILES string of the molecule is CNCC(O)COCC(O)COCC(O)COCC(O)COCC(O)COCC(O)COCC(O)CN(C[C@H](O)[C@@H](O)[C@H](O)[C@H](O)CO)C[C@H](O)[C@@H](O)[C@H](O)[C@H](O)CO. The lowest BCUT2D eigenvalue weighted by molar-refractivity contribution is -0.133. The van der Waals surface area contributed by atoms with E-state index in [9.17, 15) is 76.6 Å². The van der Waals surface area contributed by atoms with E-state index in [1.54, 1.807) is 7.05 Å². The van der Waals surface area contributed by atoms with Gasteiger partial charge in [-0.1, -0.05) is 0 Å². The Bertz CT molecular complexity index is 942. The summed E-state index contributed by atoms with van der Waals surface area (Å²) >= 11 is 0. The molecule has 0 rings (SSSR count). The van der Waals surface area contributed by atoms with Crippen molar-refractivity contribution in [3.05, 3.63) is 0 Å². The summed E-state index contributed by atoms with van der Waals surface area (Å²) in [5.41, 5.74) is 0. The normalized spacial score (nSPS) is 20.2. The average Bonchev–Trinajstić information content (AvgIpc) is 3.18. The molecule has 0 aromatic rings. The molecule has 0 bridgehead atoms. The number of hydrogen-bond donors (Lipinski definition) is 18. The summed E-state index contributed by atoms with van der Waals surface area (Å²) in [5.74, 6) is 0. The van der Waals surface area contributed by atoms with Crippen molar-refractivity contribution < 1.29 is 115 Å². The fourth-order valence-electron chi connectivity index (χ4n) is 5.02. The smallest absolute Gasteiger partial charge is 0.111 e. The van der Waals surface area contributed by atoms with Crippen LogP contribution in [0.4, 0.5) is 0 Å². The second-order valence-corrected chi connectivity index (χ2v) is 14.2. The van der Waals surface area contributed by atoms with Gasteiger partial charge in [0.25, 0.3) is 0 Å². The largest absolute Gasteiger partial charge is 0.394 e. The molecule has 0 aromatic carbocycles. The zero-order valence-electron chi connectivity index (χ0n) is 33.4. The van der Waals surface area contributed by atoms with Crippen LogP contribution in [-0.4, -0.2) is 309 Å². The van der Waals surface area contributed by atoms with Crippen molar-refractivity contribution in [1.29, 1.82) is 0 Å². The zero-order chi connectivity index (χ0) is 44.9. The third-order valence-electron chi connectivity index (χ3n) is 8.17. The van der Waals surface area contributed by atoms with E-state index in [1.807, 2.05) is 0 Å². The second-order valence-electron chi connectivity index (χ2n) is 14.2. The molecule has 0 aliphatic carbocycles. The van der Waals surface area contributed by atoms with E-state index >= 15 is 0 Å². The maximum Gasteiger partial charge on any atom is 0.111 e. The lowest BCUT2D eigenvalue weighted by Gasteiger charge is -2.34. The molecular weight excluding hydrogens is 804 g/mol. The number of rotatable bonds is 40. The minimum Gasteiger partial charge on any atom is -0.394 e. The van der Waals surface area contributed by atoms with E-state index < -0.39 is 131 Å². The molecule has 7 unspecified atom stereocenters. The van der Waals surface area contributed by atoms with Crippen molar-refractivity contribution >= 4 is 0 Å². The minimum absolute atomic E-state index is 0.0372. The molecule has 59 heavy (non-hydrogen) atoms. The van der Waals surface area contributed by atoms with Crippen LogP contribution in [0.15, 0.2) is 0 Å². The lowest BCUT2D eigenvalue weighted by Crippen LogP contribution is -2.54. The van der Waals surface area contributed by atoms with Gasteiger partial charge in [0, 0.05) is 26.2 Å². The van der Waals surface area contributed by atoms with Crippen molar-refractivity contribution in [1.82, 2.24) is 10.2 Å². The van der Waals surface area contributed by atoms with Crippen molar-refractivity contribution in [2.24, 2.45) is 0 Å². The maximum atomic E-state index is 10.5. The van der Waals surface area contributed by atoms with E-state index in [-0.39, 0.29) is 72.7 Å². The van der Waals surface area contributed by atoms with Gasteiger partial charge >= 0.3 is 0 Å². The molecule has 15 atom stereocenters. The van der Waals surface area contributed by atoms with Crippen molar-refractivity contribution in [3.63, 3.8) is 0 Å². The molecule has 356 valence electrons. The fraction of sp³-hybridized carbons (Fsp3) is 1.00. The van der Waals surface area contributed by atoms with Gasteiger partial charge in [0.2, 0.25) is 0 Å². The van der Waals surface area contributed by atoms with Crippen molar-refractivity contribution in [3.8, 4) is 0 Å². The molecule has 0 spiro atoms. The fourth-order valence-corrected chi connectivity index (χ4v) is 5.02. The number of nitrogens with one attached hydrogen (secondary N) is 1. The predicted octanol–water partition coefficient (Wildman–Crippen LogP) is -11.0. The summed E-state index contributed by atoms with van der Waals surface area (Å²) in [7, 11) is 1.68. The van der Waals surface area contributed by atoms with E-state index in [1.165, 1.54) is 0 Å². The standard InChI is InChI=1S/C34H72N2O23/c1-35-2-20(39)8-54-10-22(41)12-56-14-24(43)16-58-18-26(45)19-59-17-25(44)15-57-13-23(42)11-55-9-21(40)3-36(4-27(46)31(50)33(52)29(48)6-37)5-28(47)32(51)34(53)30(49)7-38/h20-35,37-53H,2-19H2,1H3/t20?,21?,22?,23?,24?,25?,26?,27-,28-,29+,30+,31+,32+,33+,34+/m0/s1. The summed E-state index contributed by atoms with van der Waals surface area (Å²) in [4.78, 5) is 1.08. The summed E-state index contributed by atoms with van der Waals surface area (Å²) in [5, 5.41) is 171. The van der Waals surface area contributed by atoms with Gasteiger partial charge in [-0.15, -0.1) is 0 Å². The first-order valence-electron chi connectivity index (χ1n) is 19.1. The van der Waals surface area contributed by atoms with Crippen LogP contribution in [-0.2, 0) is 28.4 Å².